The fraction of sp³-hybridized carbons (Fsp3) is 0.600. The van der Waals surface area contributed by atoms with Crippen molar-refractivity contribution in [1.29, 1.82) is 0 Å². The minimum Gasteiger partial charge on any atom is -0.492 e. The van der Waals surface area contributed by atoms with Crippen LogP contribution >= 0.6 is 0 Å². The zero-order valence-electron chi connectivity index (χ0n) is 4.92. The van der Waals surface area contributed by atoms with E-state index >= 15 is 0 Å². The molecule has 1 N–H and O–H groups in total. The van der Waals surface area contributed by atoms with Crippen LogP contribution in [0.1, 0.15) is 13.8 Å². The van der Waals surface area contributed by atoms with Crippen LogP contribution in [0.4, 0.5) is 0 Å². The molecule has 1 rings (SSSR count). The van der Waals surface area contributed by atoms with E-state index in [0.717, 1.165) is 0 Å². The molecule has 1 heterocycles. The molecule has 0 aliphatic carbocycles. The fourth-order valence-corrected chi connectivity index (χ4v) is 0.554. The quantitative estimate of drug-likeness (QED) is 0.508. The first-order valence-electron chi connectivity index (χ1n) is 2.45. The maximum atomic E-state index is 8.67. The summed E-state index contributed by atoms with van der Waals surface area (Å²) in [6.07, 6.45) is 1.60. The molecule has 8 heavy (non-hydrogen) atoms. The van der Waals surface area contributed by atoms with Gasteiger partial charge in [0.2, 0.25) is 5.88 Å². The van der Waals surface area contributed by atoms with Gasteiger partial charge < -0.3 is 5.11 Å². The largest absolute Gasteiger partial charge is 0.492 e. The third kappa shape index (κ3) is 0.857. The molecular formula is C5H8N2O. The van der Waals surface area contributed by atoms with E-state index in [9.17, 15) is 0 Å². The van der Waals surface area contributed by atoms with E-state index in [1.807, 2.05) is 13.8 Å². The monoisotopic (exact) mass is 112 g/mol. The Morgan fingerprint density at radius 1 is 1.62 bits per heavy atom. The first-order chi connectivity index (χ1) is 3.60. The highest BCUT2D eigenvalue weighted by Gasteiger charge is 2.19. The second-order valence-electron chi connectivity index (χ2n) is 2.36. The van der Waals surface area contributed by atoms with Crippen molar-refractivity contribution in [1.82, 2.24) is 0 Å². The molecule has 0 aromatic carbocycles. The van der Waals surface area contributed by atoms with Gasteiger partial charge in [-0.3, -0.25) is 0 Å². The highest BCUT2D eigenvalue weighted by molar-refractivity contribution is 5.08. The lowest BCUT2D eigenvalue weighted by Gasteiger charge is -2.03. The molecule has 0 bridgehead atoms. The van der Waals surface area contributed by atoms with Crippen molar-refractivity contribution >= 4 is 0 Å². The molecule has 1 aliphatic heterocycles. The molecule has 0 fully saturated rings. The molecule has 0 amide bonds. The van der Waals surface area contributed by atoms with E-state index in [-0.39, 0.29) is 11.4 Å². The van der Waals surface area contributed by atoms with Gasteiger partial charge >= 0.3 is 0 Å². The highest BCUT2D eigenvalue weighted by atomic mass is 16.3. The summed E-state index contributed by atoms with van der Waals surface area (Å²) in [5.74, 6) is 0.0231. The van der Waals surface area contributed by atoms with E-state index in [0.29, 0.717) is 0 Å². The maximum absolute atomic E-state index is 8.67. The molecule has 3 nitrogen and oxygen atoms in total. The second kappa shape index (κ2) is 1.31. The molecule has 1 aliphatic rings. The van der Waals surface area contributed by atoms with Crippen LogP contribution < -0.4 is 0 Å². The van der Waals surface area contributed by atoms with Crippen molar-refractivity contribution < 1.29 is 5.11 Å². The van der Waals surface area contributed by atoms with Crippen LogP contribution in [0.2, 0.25) is 0 Å². The van der Waals surface area contributed by atoms with Gasteiger partial charge in [0.25, 0.3) is 0 Å². The molecule has 3 heteroatoms. The van der Waals surface area contributed by atoms with Crippen LogP contribution in [0.3, 0.4) is 0 Å². The van der Waals surface area contributed by atoms with Crippen LogP contribution in [-0.2, 0) is 0 Å². The first kappa shape index (κ1) is 5.28. The molecule has 0 unspecified atom stereocenters. The Morgan fingerprint density at radius 3 is 2.38 bits per heavy atom. The fourth-order valence-electron chi connectivity index (χ4n) is 0.554. The zero-order chi connectivity index (χ0) is 6.20. The van der Waals surface area contributed by atoms with Crippen molar-refractivity contribution in [3.63, 3.8) is 0 Å². The number of aliphatic hydroxyl groups excluding tert-OH is 1. The van der Waals surface area contributed by atoms with Gasteiger partial charge in [0.1, 0.15) is 0 Å². The van der Waals surface area contributed by atoms with Crippen molar-refractivity contribution in [2.24, 2.45) is 10.2 Å². The standard InChI is InChI=1S/C5H8N2O/c1-5(2)3-4(8)6-7-5/h3,8H,1-2H3. The van der Waals surface area contributed by atoms with E-state index in [1.54, 1.807) is 6.08 Å². The predicted molar refractivity (Wildman–Crippen MR) is 29.6 cm³/mol. The first-order valence-corrected chi connectivity index (χ1v) is 2.45. The van der Waals surface area contributed by atoms with Gasteiger partial charge in [-0.1, -0.05) is 0 Å². The molecule has 0 spiro atoms. The van der Waals surface area contributed by atoms with Crippen molar-refractivity contribution in [2.75, 3.05) is 0 Å². The molecule has 0 saturated carbocycles. The van der Waals surface area contributed by atoms with Crippen LogP contribution in [0.25, 0.3) is 0 Å². The van der Waals surface area contributed by atoms with E-state index in [1.165, 1.54) is 0 Å². The van der Waals surface area contributed by atoms with Crippen LogP contribution in [-0.4, -0.2) is 10.6 Å². The summed E-state index contributed by atoms with van der Waals surface area (Å²) in [6.45, 7) is 3.75. The number of hydrogen-bond donors (Lipinski definition) is 1. The highest BCUT2D eigenvalue weighted by Crippen LogP contribution is 2.20. The number of hydrogen-bond acceptors (Lipinski definition) is 3. The predicted octanol–water partition coefficient (Wildman–Crippen LogP) is 1.63. The normalized spacial score (nSPS) is 23.5. The Balaban J connectivity index is 2.84. The lowest BCUT2D eigenvalue weighted by Crippen LogP contribution is -2.07. The van der Waals surface area contributed by atoms with Crippen LogP contribution in [0.15, 0.2) is 22.2 Å². The second-order valence-corrected chi connectivity index (χ2v) is 2.36. The molecule has 44 valence electrons. The topological polar surface area (TPSA) is 45.0 Å². The van der Waals surface area contributed by atoms with Crippen LogP contribution in [0.5, 0.6) is 0 Å². The molecule has 0 saturated heterocycles. The Bertz CT molecular complexity index is 158. The van der Waals surface area contributed by atoms with Crippen molar-refractivity contribution in [2.45, 2.75) is 19.4 Å². The maximum Gasteiger partial charge on any atom is 0.228 e. The lowest BCUT2D eigenvalue weighted by molar-refractivity contribution is 0.405. The van der Waals surface area contributed by atoms with Gasteiger partial charge in [0.15, 0.2) is 0 Å². The van der Waals surface area contributed by atoms with Gasteiger partial charge in [-0.05, 0) is 13.8 Å². The van der Waals surface area contributed by atoms with E-state index < -0.39 is 0 Å². The third-order valence-corrected chi connectivity index (χ3v) is 0.893. The van der Waals surface area contributed by atoms with Crippen molar-refractivity contribution in [3.05, 3.63) is 12.0 Å². The van der Waals surface area contributed by atoms with Gasteiger partial charge in [-0.15, -0.1) is 5.11 Å². The van der Waals surface area contributed by atoms with Gasteiger partial charge in [-0.2, -0.15) is 5.11 Å². The average Bonchev–Trinajstić information content (AvgIpc) is 1.82. The van der Waals surface area contributed by atoms with Crippen molar-refractivity contribution in [3.8, 4) is 0 Å². The SMILES string of the molecule is CC1(C)C=C(O)N=N1. The Morgan fingerprint density at radius 2 is 2.25 bits per heavy atom. The van der Waals surface area contributed by atoms with Gasteiger partial charge in [0, 0.05) is 6.08 Å². The lowest BCUT2D eigenvalue weighted by atomic mass is 10.1. The summed E-state index contributed by atoms with van der Waals surface area (Å²) in [4.78, 5) is 0. The Hall–Kier alpha value is -0.860. The third-order valence-electron chi connectivity index (χ3n) is 0.893. The number of azo groups is 1. The summed E-state index contributed by atoms with van der Waals surface area (Å²) >= 11 is 0. The molecule has 0 radical (unpaired) electrons. The molecular weight excluding hydrogens is 104 g/mol. The zero-order valence-corrected chi connectivity index (χ0v) is 4.92. The minimum absolute atomic E-state index is 0.0231. The van der Waals surface area contributed by atoms with Gasteiger partial charge in [0.05, 0.1) is 5.54 Å². The van der Waals surface area contributed by atoms with E-state index in [4.69, 9.17) is 5.11 Å². The summed E-state index contributed by atoms with van der Waals surface area (Å²) in [6, 6.07) is 0. The summed E-state index contributed by atoms with van der Waals surface area (Å²) in [5.41, 5.74) is -0.288. The molecule has 0 atom stereocenters. The minimum atomic E-state index is -0.288. The summed E-state index contributed by atoms with van der Waals surface area (Å²) in [5, 5.41) is 15.8. The average molecular weight is 112 g/mol. The Labute approximate surface area is 47.7 Å². The number of aliphatic hydroxyl groups is 1. The molecule has 0 aromatic heterocycles. The van der Waals surface area contributed by atoms with E-state index in [2.05, 4.69) is 10.2 Å². The summed E-state index contributed by atoms with van der Waals surface area (Å²) in [7, 11) is 0. The van der Waals surface area contributed by atoms with Gasteiger partial charge in [-0.25, -0.2) is 0 Å². The Kier molecular flexibility index (Phi) is 0.863. The molecule has 0 aromatic rings. The number of rotatable bonds is 0. The number of nitrogens with zero attached hydrogens (tertiary/aromatic N) is 2. The summed E-state index contributed by atoms with van der Waals surface area (Å²) < 4.78 is 0. The van der Waals surface area contributed by atoms with Crippen LogP contribution in [0, 0.1) is 0 Å². The smallest absolute Gasteiger partial charge is 0.228 e.